The third-order valence-electron chi connectivity index (χ3n) is 0.560. The first-order valence-electron chi connectivity index (χ1n) is 1.73. The Morgan fingerprint density at radius 1 is 2.00 bits per heavy atom. The Labute approximate surface area is 36.1 Å². The quantitative estimate of drug-likeness (QED) is 0.419. The van der Waals surface area contributed by atoms with Crippen molar-refractivity contribution in [2.45, 2.75) is 0 Å². The van der Waals surface area contributed by atoms with Gasteiger partial charge in [-0.15, -0.1) is 0 Å². The normalized spacial score (nSPS) is 18.3. The third-order valence-corrected chi connectivity index (χ3v) is 0.560. The van der Waals surface area contributed by atoms with Crippen molar-refractivity contribution in [3.05, 3.63) is 12.2 Å². The van der Waals surface area contributed by atoms with E-state index < -0.39 is 0 Å². The molecule has 1 rings (SSSR count). The first kappa shape index (κ1) is 3.40. The molecule has 0 spiro atoms. The maximum atomic E-state index is 4.53. The highest BCUT2D eigenvalue weighted by Crippen LogP contribution is 1.94. The van der Waals surface area contributed by atoms with Crippen LogP contribution >= 0.6 is 0 Å². The van der Waals surface area contributed by atoms with Crippen molar-refractivity contribution in [1.82, 2.24) is 0 Å². The van der Waals surface area contributed by atoms with Gasteiger partial charge >= 0.3 is 0 Å². The van der Waals surface area contributed by atoms with Gasteiger partial charge in [0.25, 0.3) is 0 Å². The van der Waals surface area contributed by atoms with Gasteiger partial charge in [-0.25, -0.2) is 0 Å². The van der Waals surface area contributed by atoms with E-state index in [2.05, 4.69) is 16.6 Å². The van der Waals surface area contributed by atoms with Gasteiger partial charge in [0.2, 0.25) is 0 Å². The smallest absolute Gasteiger partial charge is 0.143 e. The molecule has 1 heterocycles. The molecule has 0 bridgehead atoms. The number of hydrogen-bond donors (Lipinski definition) is 0. The van der Waals surface area contributed by atoms with Gasteiger partial charge in [0.1, 0.15) is 6.61 Å². The van der Waals surface area contributed by atoms with Crippen molar-refractivity contribution in [2.24, 2.45) is 5.16 Å². The Kier molecular flexibility index (Phi) is 0.638. The van der Waals surface area contributed by atoms with Crippen molar-refractivity contribution in [3.63, 3.8) is 0 Å². The summed E-state index contributed by atoms with van der Waals surface area (Å²) >= 11 is 0. The average molecular weight is 83.1 g/mol. The fraction of sp³-hybridized carbons (Fsp3) is 0.250. The van der Waals surface area contributed by atoms with Crippen LogP contribution < -0.4 is 0 Å². The molecule has 0 aromatic heterocycles. The summed E-state index contributed by atoms with van der Waals surface area (Å²) < 4.78 is 0. The Hall–Kier alpha value is -0.790. The number of hydrogen-bond acceptors (Lipinski definition) is 2. The van der Waals surface area contributed by atoms with E-state index in [1.54, 1.807) is 6.21 Å². The number of rotatable bonds is 0. The molecule has 0 N–H and O–H groups in total. The third kappa shape index (κ3) is 0.407. The molecule has 0 amide bonds. The highest BCUT2D eigenvalue weighted by Gasteiger charge is 1.94. The van der Waals surface area contributed by atoms with E-state index in [1.807, 2.05) is 0 Å². The minimum absolute atomic E-state index is 0.569. The van der Waals surface area contributed by atoms with Crippen molar-refractivity contribution in [3.8, 4) is 0 Å². The van der Waals surface area contributed by atoms with Crippen LogP contribution in [0.1, 0.15) is 0 Å². The van der Waals surface area contributed by atoms with Crippen LogP contribution in [-0.2, 0) is 4.84 Å². The summed E-state index contributed by atoms with van der Waals surface area (Å²) in [6, 6.07) is 0. The molecule has 1 aliphatic rings. The zero-order chi connectivity index (χ0) is 4.41. The highest BCUT2D eigenvalue weighted by atomic mass is 16.6. The molecule has 0 saturated heterocycles. The van der Waals surface area contributed by atoms with E-state index in [0.29, 0.717) is 6.61 Å². The first-order chi connectivity index (χ1) is 2.89. The fourth-order valence-electron chi connectivity index (χ4n) is 0.269. The molecule has 0 saturated carbocycles. The lowest BCUT2D eigenvalue weighted by molar-refractivity contribution is 0.188. The number of oxime groups is 1. The van der Waals surface area contributed by atoms with E-state index in [0.717, 1.165) is 5.57 Å². The van der Waals surface area contributed by atoms with Gasteiger partial charge in [0, 0.05) is 5.57 Å². The lowest BCUT2D eigenvalue weighted by Crippen LogP contribution is -1.78. The Morgan fingerprint density at radius 3 is 3.00 bits per heavy atom. The fourth-order valence-corrected chi connectivity index (χ4v) is 0.269. The van der Waals surface area contributed by atoms with Crippen LogP contribution in [0.15, 0.2) is 17.3 Å². The largest absolute Gasteiger partial charge is 0.391 e. The molecule has 1 aliphatic heterocycles. The molecule has 2 heteroatoms. The molecule has 0 fully saturated rings. The predicted molar refractivity (Wildman–Crippen MR) is 23.6 cm³/mol. The maximum Gasteiger partial charge on any atom is 0.143 e. The van der Waals surface area contributed by atoms with E-state index in [9.17, 15) is 0 Å². The van der Waals surface area contributed by atoms with Gasteiger partial charge in [0.15, 0.2) is 0 Å². The summed E-state index contributed by atoms with van der Waals surface area (Å²) in [4.78, 5) is 4.53. The van der Waals surface area contributed by atoms with Crippen LogP contribution in [0, 0.1) is 0 Å². The summed E-state index contributed by atoms with van der Waals surface area (Å²) in [5, 5.41) is 3.44. The van der Waals surface area contributed by atoms with Crippen LogP contribution in [0.25, 0.3) is 0 Å². The van der Waals surface area contributed by atoms with Gasteiger partial charge in [0.05, 0.1) is 6.21 Å². The second kappa shape index (κ2) is 1.12. The van der Waals surface area contributed by atoms with Crippen molar-refractivity contribution in [1.29, 1.82) is 0 Å². The second-order valence-corrected chi connectivity index (χ2v) is 1.17. The molecule has 0 aliphatic carbocycles. The van der Waals surface area contributed by atoms with Crippen LogP contribution in [0.2, 0.25) is 0 Å². The molecular formula is C4H5NO. The molecule has 2 nitrogen and oxygen atoms in total. The van der Waals surface area contributed by atoms with E-state index in [-0.39, 0.29) is 0 Å². The zero-order valence-electron chi connectivity index (χ0n) is 3.35. The van der Waals surface area contributed by atoms with Crippen molar-refractivity contribution >= 4 is 6.21 Å². The topological polar surface area (TPSA) is 21.6 Å². The summed E-state index contributed by atoms with van der Waals surface area (Å²) in [5.41, 5.74) is 0.940. The Bertz CT molecular complexity index is 95.7. The molecule has 6 heavy (non-hydrogen) atoms. The van der Waals surface area contributed by atoms with Gasteiger partial charge in [-0.1, -0.05) is 11.7 Å². The monoisotopic (exact) mass is 83.0 g/mol. The summed E-state index contributed by atoms with van der Waals surface area (Å²) in [6.07, 6.45) is 1.61. The van der Waals surface area contributed by atoms with E-state index in [1.165, 1.54) is 0 Å². The van der Waals surface area contributed by atoms with Crippen LogP contribution in [0.5, 0.6) is 0 Å². The van der Waals surface area contributed by atoms with Gasteiger partial charge in [-0.05, 0) is 0 Å². The van der Waals surface area contributed by atoms with Gasteiger partial charge in [-0.2, -0.15) is 0 Å². The second-order valence-electron chi connectivity index (χ2n) is 1.17. The molecule has 0 aromatic carbocycles. The van der Waals surface area contributed by atoms with Crippen LogP contribution in [0.3, 0.4) is 0 Å². The molecule has 0 atom stereocenters. The van der Waals surface area contributed by atoms with Crippen molar-refractivity contribution in [2.75, 3.05) is 6.61 Å². The molecule has 0 unspecified atom stereocenters. The SMILES string of the molecule is C=C1C=NOC1. The molecule has 32 valence electrons. The standard InChI is InChI=1S/C4H5NO/c1-4-2-5-6-3-4/h2H,1,3H2. The Morgan fingerprint density at radius 2 is 2.83 bits per heavy atom. The van der Waals surface area contributed by atoms with E-state index >= 15 is 0 Å². The summed E-state index contributed by atoms with van der Waals surface area (Å²) in [5.74, 6) is 0. The predicted octanol–water partition coefficient (Wildman–Crippen LogP) is 0.559. The first-order valence-corrected chi connectivity index (χ1v) is 1.73. The molecular weight excluding hydrogens is 78.0 g/mol. The van der Waals surface area contributed by atoms with Crippen LogP contribution in [0.4, 0.5) is 0 Å². The Balaban J connectivity index is 2.59. The molecule has 0 radical (unpaired) electrons. The number of nitrogens with zero attached hydrogens (tertiary/aromatic N) is 1. The minimum Gasteiger partial charge on any atom is -0.391 e. The van der Waals surface area contributed by atoms with Crippen LogP contribution in [-0.4, -0.2) is 12.8 Å². The zero-order valence-corrected chi connectivity index (χ0v) is 3.35. The maximum absolute atomic E-state index is 4.53. The van der Waals surface area contributed by atoms with Gasteiger partial charge in [-0.3, -0.25) is 0 Å². The average Bonchev–Trinajstić information content (AvgIpc) is 1.86. The molecule has 0 aromatic rings. The summed E-state index contributed by atoms with van der Waals surface area (Å²) in [7, 11) is 0. The van der Waals surface area contributed by atoms with E-state index in [4.69, 9.17) is 0 Å². The summed E-state index contributed by atoms with van der Waals surface area (Å²) in [6.45, 7) is 4.15. The lowest BCUT2D eigenvalue weighted by atomic mass is 10.4. The lowest BCUT2D eigenvalue weighted by Gasteiger charge is -1.79. The van der Waals surface area contributed by atoms with Gasteiger partial charge < -0.3 is 4.84 Å². The minimum atomic E-state index is 0.569. The highest BCUT2D eigenvalue weighted by molar-refractivity contribution is 5.78. The van der Waals surface area contributed by atoms with Crippen molar-refractivity contribution < 1.29 is 4.84 Å².